The van der Waals surface area contributed by atoms with Gasteiger partial charge in [-0.15, -0.1) is 0 Å². The number of hydrogen-bond donors (Lipinski definition) is 2. The summed E-state index contributed by atoms with van der Waals surface area (Å²) < 4.78 is 5.22. The van der Waals surface area contributed by atoms with Crippen molar-refractivity contribution >= 4 is 11.9 Å². The first-order valence-corrected chi connectivity index (χ1v) is 8.57. The van der Waals surface area contributed by atoms with Crippen molar-refractivity contribution < 1.29 is 19.4 Å². The molecule has 0 aliphatic heterocycles. The topological polar surface area (TPSA) is 75.6 Å². The molecule has 2 aromatic rings. The number of ether oxygens (including phenoxy) is 1. The molecule has 2 rings (SSSR count). The Morgan fingerprint density at radius 2 is 1.65 bits per heavy atom. The largest absolute Gasteiger partial charge is 0.480 e. The summed E-state index contributed by atoms with van der Waals surface area (Å²) in [6.45, 7) is 5.17. The van der Waals surface area contributed by atoms with E-state index in [1.165, 1.54) is 0 Å². The lowest BCUT2D eigenvalue weighted by molar-refractivity contribution is -0.154. The van der Waals surface area contributed by atoms with Crippen LogP contribution in [0.4, 0.5) is 0 Å². The van der Waals surface area contributed by atoms with Crippen LogP contribution < -0.4 is 5.32 Å². The van der Waals surface area contributed by atoms with Crippen LogP contribution in [0, 0.1) is 0 Å². The lowest BCUT2D eigenvalue weighted by Crippen LogP contribution is -2.43. The van der Waals surface area contributed by atoms with Gasteiger partial charge in [-0.3, -0.25) is 14.9 Å². The Morgan fingerprint density at radius 3 is 2.27 bits per heavy atom. The van der Waals surface area contributed by atoms with Crippen LogP contribution in [0.5, 0.6) is 0 Å². The van der Waals surface area contributed by atoms with Crippen LogP contribution in [0.1, 0.15) is 26.3 Å². The van der Waals surface area contributed by atoms with Gasteiger partial charge in [0.2, 0.25) is 0 Å². The predicted molar refractivity (Wildman–Crippen MR) is 101 cm³/mol. The molecule has 2 aromatic carbocycles. The lowest BCUT2D eigenvalue weighted by Gasteiger charge is -2.21. The molecule has 0 saturated heterocycles. The zero-order valence-corrected chi connectivity index (χ0v) is 15.4. The molecule has 138 valence electrons. The van der Waals surface area contributed by atoms with Crippen molar-refractivity contribution in [3.63, 3.8) is 0 Å². The molecule has 0 amide bonds. The molecule has 0 aliphatic carbocycles. The molecule has 0 spiro atoms. The van der Waals surface area contributed by atoms with Gasteiger partial charge in [0.15, 0.2) is 0 Å². The maximum atomic E-state index is 11.8. The van der Waals surface area contributed by atoms with Gasteiger partial charge in [0.25, 0.3) is 0 Å². The number of carboxylic acids is 1. The van der Waals surface area contributed by atoms with Crippen molar-refractivity contribution in [3.8, 4) is 11.1 Å². The highest BCUT2D eigenvalue weighted by atomic mass is 16.6. The van der Waals surface area contributed by atoms with Gasteiger partial charge in [-0.1, -0.05) is 54.6 Å². The van der Waals surface area contributed by atoms with Gasteiger partial charge < -0.3 is 9.84 Å². The number of esters is 1. The molecule has 2 N–H and O–H groups in total. The highest BCUT2D eigenvalue weighted by Crippen LogP contribution is 2.24. The van der Waals surface area contributed by atoms with E-state index in [0.717, 1.165) is 16.7 Å². The second kappa shape index (κ2) is 8.63. The molecule has 0 aliphatic rings. The first-order valence-electron chi connectivity index (χ1n) is 8.57. The summed E-state index contributed by atoms with van der Waals surface area (Å²) in [4.78, 5) is 23.5. The van der Waals surface area contributed by atoms with Crippen LogP contribution >= 0.6 is 0 Å². The van der Waals surface area contributed by atoms with E-state index in [0.29, 0.717) is 0 Å². The number of aliphatic carboxylic acids is 1. The third kappa shape index (κ3) is 6.01. The normalized spacial score (nSPS) is 12.4. The minimum atomic E-state index is -1.00. The van der Waals surface area contributed by atoms with Gasteiger partial charge in [0.05, 0.1) is 6.54 Å². The molecule has 0 fully saturated rings. The molecule has 0 bridgehead atoms. The number of carbonyl (C=O) groups is 2. The van der Waals surface area contributed by atoms with Crippen LogP contribution in [0.15, 0.2) is 54.6 Å². The Morgan fingerprint density at radius 1 is 1.04 bits per heavy atom. The zero-order chi connectivity index (χ0) is 19.2. The summed E-state index contributed by atoms with van der Waals surface area (Å²) in [5, 5.41) is 12.3. The molecule has 0 heterocycles. The number of nitrogens with one attached hydrogen (secondary N) is 1. The van der Waals surface area contributed by atoms with E-state index < -0.39 is 23.6 Å². The van der Waals surface area contributed by atoms with Crippen molar-refractivity contribution in [2.24, 2.45) is 0 Å². The van der Waals surface area contributed by atoms with Crippen LogP contribution in [0.3, 0.4) is 0 Å². The minimum absolute atomic E-state index is 0.151. The highest BCUT2D eigenvalue weighted by molar-refractivity contribution is 5.77. The van der Waals surface area contributed by atoms with Gasteiger partial charge >= 0.3 is 11.9 Å². The van der Waals surface area contributed by atoms with E-state index in [1.807, 2.05) is 54.6 Å². The predicted octanol–water partition coefficient (Wildman–Crippen LogP) is 3.28. The van der Waals surface area contributed by atoms with Crippen molar-refractivity contribution in [2.75, 3.05) is 6.54 Å². The van der Waals surface area contributed by atoms with Gasteiger partial charge in [-0.05, 0) is 43.9 Å². The summed E-state index contributed by atoms with van der Waals surface area (Å²) in [5.74, 6) is -1.48. The Labute approximate surface area is 154 Å². The molecule has 5 nitrogen and oxygen atoms in total. The fourth-order valence-electron chi connectivity index (χ4n) is 2.65. The number of rotatable bonds is 7. The van der Waals surface area contributed by atoms with Gasteiger partial charge in [-0.2, -0.15) is 0 Å². The Hall–Kier alpha value is -2.66. The maximum absolute atomic E-state index is 11.8. The number of carboxylic acid groups (broad SMARTS) is 1. The maximum Gasteiger partial charge on any atom is 0.321 e. The van der Waals surface area contributed by atoms with Crippen molar-refractivity contribution in [2.45, 2.75) is 38.8 Å². The van der Waals surface area contributed by atoms with Crippen LogP contribution in [-0.2, 0) is 20.7 Å². The van der Waals surface area contributed by atoms with Crippen molar-refractivity contribution in [3.05, 3.63) is 60.2 Å². The van der Waals surface area contributed by atoms with Crippen LogP contribution in [0.2, 0.25) is 0 Å². The fraction of sp³-hybridized carbons (Fsp3) is 0.333. The smallest absolute Gasteiger partial charge is 0.321 e. The second-order valence-electron chi connectivity index (χ2n) is 7.09. The number of carbonyl (C=O) groups excluding carboxylic acids is 1. The zero-order valence-electron chi connectivity index (χ0n) is 15.4. The minimum Gasteiger partial charge on any atom is -0.480 e. The van der Waals surface area contributed by atoms with Crippen molar-refractivity contribution in [1.82, 2.24) is 5.32 Å². The number of hydrogen-bond acceptors (Lipinski definition) is 4. The van der Waals surface area contributed by atoms with Gasteiger partial charge in [0.1, 0.15) is 11.6 Å². The molecule has 26 heavy (non-hydrogen) atoms. The summed E-state index contributed by atoms with van der Waals surface area (Å²) >= 11 is 0. The summed E-state index contributed by atoms with van der Waals surface area (Å²) in [7, 11) is 0. The van der Waals surface area contributed by atoms with E-state index in [9.17, 15) is 14.7 Å². The first-order chi connectivity index (χ1) is 12.3. The lowest BCUT2D eigenvalue weighted by atomic mass is 9.95. The molecule has 1 atom stereocenters. The van der Waals surface area contributed by atoms with E-state index in [2.05, 4.69) is 5.32 Å². The third-order valence-electron chi connectivity index (χ3n) is 3.74. The fourth-order valence-corrected chi connectivity index (χ4v) is 2.65. The quantitative estimate of drug-likeness (QED) is 0.746. The van der Waals surface area contributed by atoms with Gasteiger partial charge in [0, 0.05) is 0 Å². The second-order valence-corrected chi connectivity index (χ2v) is 7.09. The highest BCUT2D eigenvalue weighted by Gasteiger charge is 2.22. The Balaban J connectivity index is 2.11. The summed E-state index contributed by atoms with van der Waals surface area (Å²) in [6.07, 6.45) is 0.267. The average molecular weight is 355 g/mol. The molecule has 5 heteroatoms. The number of benzene rings is 2. The van der Waals surface area contributed by atoms with E-state index >= 15 is 0 Å². The monoisotopic (exact) mass is 355 g/mol. The Kier molecular flexibility index (Phi) is 6.52. The summed E-state index contributed by atoms with van der Waals surface area (Å²) in [6, 6.07) is 16.6. The average Bonchev–Trinajstić information content (AvgIpc) is 2.58. The molecule has 0 radical (unpaired) electrons. The SMILES string of the molecule is CC(C)(C)OC(=O)CN[C@@H](Cc1ccccc1-c1ccccc1)C(=O)O. The van der Waals surface area contributed by atoms with E-state index in [4.69, 9.17) is 4.74 Å². The standard InChI is InChI=1S/C21H25NO4/c1-21(2,3)26-19(23)14-22-18(20(24)25)13-16-11-7-8-12-17(16)15-9-5-4-6-10-15/h4-12,18,22H,13-14H2,1-3H3,(H,24,25)/t18-/m0/s1. The molecular weight excluding hydrogens is 330 g/mol. The van der Waals surface area contributed by atoms with Gasteiger partial charge in [-0.25, -0.2) is 0 Å². The molecule has 0 aromatic heterocycles. The van der Waals surface area contributed by atoms with E-state index in [-0.39, 0.29) is 13.0 Å². The third-order valence-corrected chi connectivity index (χ3v) is 3.74. The van der Waals surface area contributed by atoms with E-state index in [1.54, 1.807) is 20.8 Å². The molecule has 0 saturated carbocycles. The molecule has 0 unspecified atom stereocenters. The van der Waals surface area contributed by atoms with Crippen LogP contribution in [0.25, 0.3) is 11.1 Å². The first kappa shape index (κ1) is 19.7. The Bertz CT molecular complexity index is 750. The molecular formula is C21H25NO4. The van der Waals surface area contributed by atoms with Crippen LogP contribution in [-0.4, -0.2) is 35.2 Å². The summed E-state index contributed by atoms with van der Waals surface area (Å²) in [5.41, 5.74) is 2.32. The van der Waals surface area contributed by atoms with Crippen molar-refractivity contribution in [1.29, 1.82) is 0 Å².